The first-order valence-electron chi connectivity index (χ1n) is 11.5. The monoisotopic (exact) mass is 490 g/mol. The number of carbonyl (C=O) groups excluding carboxylic acids is 2. The lowest BCUT2D eigenvalue weighted by Gasteiger charge is -2.26. The summed E-state index contributed by atoms with van der Waals surface area (Å²) in [5.41, 5.74) is 3.21. The number of anilines is 1. The Morgan fingerprint density at radius 2 is 1.94 bits per heavy atom. The molecule has 4 rings (SSSR count). The molecule has 1 atom stereocenters. The second-order valence-electron chi connectivity index (χ2n) is 8.73. The Kier molecular flexibility index (Phi) is 6.94. The van der Waals surface area contributed by atoms with Crippen molar-refractivity contribution in [2.75, 3.05) is 11.5 Å². The number of carbonyl (C=O) groups is 2. The van der Waals surface area contributed by atoms with Crippen LogP contribution in [0.5, 0.6) is 5.75 Å². The SMILES string of the molecule is CCOc1ccc(/C(O)=C2/C(=O)C(=O)N(c3cc(Cl)ccc3C)C2c2cccnc2)cc1C(C)C. The maximum atomic E-state index is 13.4. The fourth-order valence-corrected chi connectivity index (χ4v) is 4.53. The number of nitrogens with zero attached hydrogens (tertiary/aromatic N) is 2. The number of pyridine rings is 1. The number of Topliss-reactive ketones (excluding diaryl/α,β-unsaturated/α-hetero) is 1. The standard InChI is InChI=1S/C28H27ClN2O4/c1-5-35-23-11-9-18(13-21(23)16(2)3)26(32)24-25(19-7-6-12-30-15-19)31(28(34)27(24)33)22-14-20(29)10-8-17(22)4/h6-16,25,32H,5H2,1-4H3/b26-24-. The van der Waals surface area contributed by atoms with E-state index < -0.39 is 17.7 Å². The number of ketones is 1. The van der Waals surface area contributed by atoms with E-state index in [0.717, 1.165) is 16.9 Å². The smallest absolute Gasteiger partial charge is 0.300 e. The second kappa shape index (κ2) is 9.92. The van der Waals surface area contributed by atoms with Gasteiger partial charge < -0.3 is 9.84 Å². The molecule has 1 saturated heterocycles. The molecule has 0 saturated carbocycles. The number of aromatic nitrogens is 1. The summed E-state index contributed by atoms with van der Waals surface area (Å²) in [7, 11) is 0. The molecule has 1 aliphatic heterocycles. The molecule has 6 nitrogen and oxygen atoms in total. The van der Waals surface area contributed by atoms with Gasteiger partial charge >= 0.3 is 0 Å². The van der Waals surface area contributed by atoms with E-state index in [9.17, 15) is 14.7 Å². The minimum absolute atomic E-state index is 0.00115. The van der Waals surface area contributed by atoms with Gasteiger partial charge in [-0.25, -0.2) is 0 Å². The second-order valence-corrected chi connectivity index (χ2v) is 9.16. The van der Waals surface area contributed by atoms with E-state index in [4.69, 9.17) is 16.3 Å². The van der Waals surface area contributed by atoms with Crippen molar-refractivity contribution in [3.8, 4) is 5.75 Å². The van der Waals surface area contributed by atoms with Crippen LogP contribution in [0.3, 0.4) is 0 Å². The van der Waals surface area contributed by atoms with E-state index in [2.05, 4.69) is 4.98 Å². The van der Waals surface area contributed by atoms with Crippen LogP contribution in [0.1, 0.15) is 55.0 Å². The summed E-state index contributed by atoms with van der Waals surface area (Å²) in [6, 6.07) is 13.1. The Morgan fingerprint density at radius 3 is 2.60 bits per heavy atom. The van der Waals surface area contributed by atoms with Gasteiger partial charge in [0.1, 0.15) is 11.5 Å². The number of aliphatic hydroxyl groups is 1. The molecule has 7 heteroatoms. The van der Waals surface area contributed by atoms with E-state index in [0.29, 0.717) is 28.4 Å². The Hall–Kier alpha value is -3.64. The van der Waals surface area contributed by atoms with Gasteiger partial charge in [-0.15, -0.1) is 0 Å². The highest BCUT2D eigenvalue weighted by molar-refractivity contribution is 6.52. The van der Waals surface area contributed by atoms with Gasteiger partial charge in [-0.3, -0.25) is 19.5 Å². The molecule has 2 aromatic carbocycles. The van der Waals surface area contributed by atoms with E-state index in [-0.39, 0.29) is 17.3 Å². The molecule has 0 spiro atoms. The van der Waals surface area contributed by atoms with Crippen LogP contribution in [0.15, 0.2) is 66.5 Å². The number of rotatable bonds is 6. The molecule has 1 amide bonds. The number of hydrogen-bond donors (Lipinski definition) is 1. The van der Waals surface area contributed by atoms with Gasteiger partial charge in [0.25, 0.3) is 11.7 Å². The van der Waals surface area contributed by atoms with E-state index in [1.807, 2.05) is 33.8 Å². The van der Waals surface area contributed by atoms with Crippen LogP contribution in [0.25, 0.3) is 5.76 Å². The Balaban J connectivity index is 1.95. The highest BCUT2D eigenvalue weighted by atomic mass is 35.5. The molecule has 2 heterocycles. The fourth-order valence-electron chi connectivity index (χ4n) is 4.37. The molecule has 1 fully saturated rings. The maximum Gasteiger partial charge on any atom is 0.300 e. The van der Waals surface area contributed by atoms with Crippen molar-refractivity contribution >= 4 is 34.7 Å². The van der Waals surface area contributed by atoms with Crippen molar-refractivity contribution < 1.29 is 19.4 Å². The zero-order valence-corrected chi connectivity index (χ0v) is 20.8. The summed E-state index contributed by atoms with van der Waals surface area (Å²) in [6.07, 6.45) is 3.20. The maximum absolute atomic E-state index is 13.4. The summed E-state index contributed by atoms with van der Waals surface area (Å²) >= 11 is 6.25. The van der Waals surface area contributed by atoms with Crippen molar-refractivity contribution in [1.82, 2.24) is 4.98 Å². The lowest BCUT2D eigenvalue weighted by molar-refractivity contribution is -0.132. The van der Waals surface area contributed by atoms with Crippen molar-refractivity contribution in [2.24, 2.45) is 0 Å². The first-order chi connectivity index (χ1) is 16.7. The molecule has 35 heavy (non-hydrogen) atoms. The topological polar surface area (TPSA) is 79.7 Å². The fraction of sp³-hybridized carbons (Fsp3) is 0.250. The highest BCUT2D eigenvalue weighted by Crippen LogP contribution is 2.44. The van der Waals surface area contributed by atoms with Crippen LogP contribution < -0.4 is 9.64 Å². The van der Waals surface area contributed by atoms with Gasteiger partial charge in [-0.2, -0.15) is 0 Å². The molecule has 1 aliphatic rings. The number of ether oxygens (including phenoxy) is 1. The zero-order valence-electron chi connectivity index (χ0n) is 20.1. The molecule has 1 aromatic heterocycles. The van der Waals surface area contributed by atoms with Crippen LogP contribution in [-0.4, -0.2) is 28.4 Å². The number of amides is 1. The minimum Gasteiger partial charge on any atom is -0.507 e. The van der Waals surface area contributed by atoms with Crippen LogP contribution in [0.4, 0.5) is 5.69 Å². The first-order valence-corrected chi connectivity index (χ1v) is 11.9. The molecule has 180 valence electrons. The molecular weight excluding hydrogens is 464 g/mol. The Labute approximate surface area is 209 Å². The normalized spacial score (nSPS) is 17.3. The quantitative estimate of drug-likeness (QED) is 0.253. The summed E-state index contributed by atoms with van der Waals surface area (Å²) in [6.45, 7) is 8.31. The van der Waals surface area contributed by atoms with Gasteiger partial charge in [0.05, 0.1) is 18.2 Å². The van der Waals surface area contributed by atoms with Gasteiger partial charge in [-0.1, -0.05) is 37.6 Å². The highest BCUT2D eigenvalue weighted by Gasteiger charge is 2.47. The molecule has 1 N–H and O–H groups in total. The lowest BCUT2D eigenvalue weighted by Crippen LogP contribution is -2.30. The van der Waals surface area contributed by atoms with Crippen LogP contribution >= 0.6 is 11.6 Å². The number of halogens is 1. The van der Waals surface area contributed by atoms with E-state index in [1.165, 1.54) is 4.90 Å². The molecule has 3 aromatic rings. The molecule has 0 radical (unpaired) electrons. The molecule has 0 aliphatic carbocycles. The van der Waals surface area contributed by atoms with Crippen LogP contribution in [0, 0.1) is 6.92 Å². The average molecular weight is 491 g/mol. The van der Waals surface area contributed by atoms with Gasteiger partial charge in [0.15, 0.2) is 0 Å². The molecular formula is C28H27ClN2O4. The van der Waals surface area contributed by atoms with Crippen molar-refractivity contribution in [3.63, 3.8) is 0 Å². The summed E-state index contributed by atoms with van der Waals surface area (Å²) < 4.78 is 5.74. The third kappa shape index (κ3) is 4.54. The molecule has 1 unspecified atom stereocenters. The summed E-state index contributed by atoms with van der Waals surface area (Å²) in [5.74, 6) is -0.909. The van der Waals surface area contributed by atoms with Crippen molar-refractivity contribution in [1.29, 1.82) is 0 Å². The molecule has 0 bridgehead atoms. The predicted octanol–water partition coefficient (Wildman–Crippen LogP) is 6.19. The number of aliphatic hydroxyl groups excluding tert-OH is 1. The minimum atomic E-state index is -0.866. The first kappa shape index (κ1) is 24.5. The number of benzene rings is 2. The average Bonchev–Trinajstić information content (AvgIpc) is 3.11. The zero-order chi connectivity index (χ0) is 25.3. The third-order valence-electron chi connectivity index (χ3n) is 6.08. The largest absolute Gasteiger partial charge is 0.507 e. The van der Waals surface area contributed by atoms with Gasteiger partial charge in [-0.05, 0) is 72.9 Å². The summed E-state index contributed by atoms with van der Waals surface area (Å²) in [5, 5.41) is 11.9. The van der Waals surface area contributed by atoms with Crippen LogP contribution in [-0.2, 0) is 9.59 Å². The van der Waals surface area contributed by atoms with Crippen molar-refractivity contribution in [3.05, 3.63) is 93.8 Å². The number of aryl methyl sites for hydroxylation is 1. The van der Waals surface area contributed by atoms with E-state index in [1.54, 1.807) is 54.9 Å². The van der Waals surface area contributed by atoms with Gasteiger partial charge in [0.2, 0.25) is 0 Å². The van der Waals surface area contributed by atoms with E-state index >= 15 is 0 Å². The predicted molar refractivity (Wildman–Crippen MR) is 137 cm³/mol. The van der Waals surface area contributed by atoms with Crippen molar-refractivity contribution in [2.45, 2.75) is 39.7 Å². The Morgan fingerprint density at radius 1 is 1.17 bits per heavy atom. The third-order valence-corrected chi connectivity index (χ3v) is 6.32. The lowest BCUT2D eigenvalue weighted by atomic mass is 9.93. The number of hydrogen-bond acceptors (Lipinski definition) is 5. The Bertz CT molecular complexity index is 1320. The van der Waals surface area contributed by atoms with Crippen LogP contribution in [0.2, 0.25) is 5.02 Å². The summed E-state index contributed by atoms with van der Waals surface area (Å²) in [4.78, 5) is 32.3. The van der Waals surface area contributed by atoms with Gasteiger partial charge in [0, 0.05) is 28.7 Å².